The molecule has 142 valence electrons. The van der Waals surface area contributed by atoms with Gasteiger partial charge in [-0.1, -0.05) is 12.1 Å². The molecule has 0 amide bonds. The van der Waals surface area contributed by atoms with Gasteiger partial charge in [0.2, 0.25) is 0 Å². The van der Waals surface area contributed by atoms with Crippen molar-refractivity contribution in [1.29, 1.82) is 0 Å². The van der Waals surface area contributed by atoms with Crippen molar-refractivity contribution in [2.75, 3.05) is 13.3 Å². The van der Waals surface area contributed by atoms with Crippen LogP contribution in [0.15, 0.2) is 41.3 Å². The molecule has 0 aromatic heterocycles. The fourth-order valence-corrected chi connectivity index (χ4v) is 2.86. The predicted molar refractivity (Wildman–Crippen MR) is 87.5 cm³/mol. The van der Waals surface area contributed by atoms with Gasteiger partial charge in [0.05, 0.1) is 11.1 Å². The van der Waals surface area contributed by atoms with Gasteiger partial charge in [0.15, 0.2) is 5.75 Å². The van der Waals surface area contributed by atoms with Crippen molar-refractivity contribution in [1.82, 2.24) is 5.32 Å². The van der Waals surface area contributed by atoms with E-state index < -0.39 is 29.2 Å². The highest BCUT2D eigenvalue weighted by molar-refractivity contribution is 7.98. The van der Waals surface area contributed by atoms with Gasteiger partial charge in [-0.2, -0.15) is 26.3 Å². The van der Waals surface area contributed by atoms with Gasteiger partial charge in [-0.05, 0) is 43.1 Å². The maximum Gasteiger partial charge on any atom is 0.420 e. The maximum atomic E-state index is 13.4. The van der Waals surface area contributed by atoms with Crippen molar-refractivity contribution < 1.29 is 31.1 Å². The van der Waals surface area contributed by atoms with Crippen LogP contribution >= 0.6 is 11.8 Å². The monoisotopic (exact) mass is 395 g/mol. The van der Waals surface area contributed by atoms with E-state index in [1.54, 1.807) is 18.4 Å². The van der Waals surface area contributed by atoms with Crippen molar-refractivity contribution in [3.8, 4) is 11.5 Å². The van der Waals surface area contributed by atoms with Gasteiger partial charge >= 0.3 is 12.4 Å². The quantitative estimate of drug-likeness (QED) is 0.499. The van der Waals surface area contributed by atoms with Crippen molar-refractivity contribution in [3.63, 3.8) is 0 Å². The molecule has 2 aromatic carbocycles. The summed E-state index contributed by atoms with van der Waals surface area (Å²) >= 11 is 1.16. The van der Waals surface area contributed by atoms with E-state index in [0.717, 1.165) is 11.8 Å². The van der Waals surface area contributed by atoms with Crippen LogP contribution in [-0.2, 0) is 18.9 Å². The van der Waals surface area contributed by atoms with Gasteiger partial charge in [-0.15, -0.1) is 11.8 Å². The van der Waals surface area contributed by atoms with Crippen LogP contribution in [-0.4, -0.2) is 13.3 Å². The number of thioether (sulfide) groups is 1. The van der Waals surface area contributed by atoms with Crippen molar-refractivity contribution in [3.05, 3.63) is 53.1 Å². The van der Waals surface area contributed by atoms with Crippen LogP contribution in [0.3, 0.4) is 0 Å². The third-order valence-electron chi connectivity index (χ3n) is 3.42. The standard InChI is InChI=1S/C17H15F6NOS/c1-24-9-10-7-11(16(18,19)20)15(12(8-10)17(21,22)23)25-13-5-3-4-6-14(13)26-2/h3-8,24H,9H2,1-2H3. The molecule has 0 fully saturated rings. The second-order valence-corrected chi connectivity index (χ2v) is 6.15. The van der Waals surface area contributed by atoms with Crippen LogP contribution in [0.25, 0.3) is 0 Å². The maximum absolute atomic E-state index is 13.4. The Hall–Kier alpha value is -1.87. The molecule has 9 heteroatoms. The molecule has 2 rings (SSSR count). The van der Waals surface area contributed by atoms with E-state index in [-0.39, 0.29) is 17.9 Å². The molecule has 0 heterocycles. The number of nitrogens with one attached hydrogen (secondary N) is 1. The molecule has 0 saturated heterocycles. The first-order valence-electron chi connectivity index (χ1n) is 7.34. The van der Waals surface area contributed by atoms with E-state index in [1.165, 1.54) is 19.2 Å². The summed E-state index contributed by atoms with van der Waals surface area (Å²) in [6.45, 7) is -0.145. The predicted octanol–water partition coefficient (Wildman–Crippen LogP) is 5.96. The molecule has 0 saturated carbocycles. The molecule has 0 aliphatic rings. The second-order valence-electron chi connectivity index (χ2n) is 5.30. The van der Waals surface area contributed by atoms with E-state index >= 15 is 0 Å². The van der Waals surface area contributed by atoms with Crippen molar-refractivity contribution in [2.24, 2.45) is 0 Å². The Balaban J connectivity index is 2.72. The van der Waals surface area contributed by atoms with Gasteiger partial charge in [0.1, 0.15) is 5.75 Å². The summed E-state index contributed by atoms with van der Waals surface area (Å²) in [5, 5.41) is 2.55. The molecule has 0 bridgehead atoms. The highest BCUT2D eigenvalue weighted by atomic mass is 32.2. The van der Waals surface area contributed by atoms with E-state index in [4.69, 9.17) is 4.74 Å². The number of ether oxygens (including phenoxy) is 1. The summed E-state index contributed by atoms with van der Waals surface area (Å²) in [6.07, 6.45) is -8.37. The molecule has 0 atom stereocenters. The van der Waals surface area contributed by atoms with Crippen molar-refractivity contribution in [2.45, 2.75) is 23.8 Å². The number of rotatable bonds is 5. The van der Waals surface area contributed by atoms with Crippen LogP contribution in [0.2, 0.25) is 0 Å². The summed E-state index contributed by atoms with van der Waals surface area (Å²) in [7, 11) is 1.43. The Morgan fingerprint density at radius 1 is 0.962 bits per heavy atom. The first-order valence-corrected chi connectivity index (χ1v) is 8.57. The van der Waals surface area contributed by atoms with E-state index in [1.807, 2.05) is 0 Å². The first-order chi connectivity index (χ1) is 12.1. The van der Waals surface area contributed by atoms with E-state index in [0.29, 0.717) is 17.0 Å². The molecule has 0 aliphatic carbocycles. The molecule has 1 N–H and O–H groups in total. The average Bonchev–Trinajstić information content (AvgIpc) is 2.54. The van der Waals surface area contributed by atoms with Gasteiger partial charge in [0.25, 0.3) is 0 Å². The molecular formula is C17H15F6NOS. The Morgan fingerprint density at radius 2 is 1.50 bits per heavy atom. The summed E-state index contributed by atoms with van der Waals surface area (Å²) < 4.78 is 85.9. The average molecular weight is 395 g/mol. The smallest absolute Gasteiger partial charge is 0.420 e. The van der Waals surface area contributed by atoms with E-state index in [9.17, 15) is 26.3 Å². The Labute approximate surface area is 150 Å². The molecule has 0 unspecified atom stereocenters. The number of alkyl halides is 6. The zero-order valence-electron chi connectivity index (χ0n) is 13.8. The SMILES string of the molecule is CNCc1cc(C(F)(F)F)c(Oc2ccccc2SC)c(C(F)(F)F)c1. The third-order valence-corrected chi connectivity index (χ3v) is 4.20. The number of halogens is 6. The normalized spacial score (nSPS) is 12.3. The van der Waals surface area contributed by atoms with E-state index in [2.05, 4.69) is 5.32 Å². The van der Waals surface area contributed by atoms with Crippen LogP contribution in [0.5, 0.6) is 11.5 Å². The van der Waals surface area contributed by atoms with Crippen LogP contribution in [0.4, 0.5) is 26.3 Å². The summed E-state index contributed by atoms with van der Waals surface area (Å²) in [4.78, 5) is 0.424. The lowest BCUT2D eigenvalue weighted by atomic mass is 10.0. The number of hydrogen-bond donors (Lipinski definition) is 1. The Kier molecular flexibility index (Phi) is 6.13. The minimum atomic E-state index is -5.01. The second kappa shape index (κ2) is 7.79. The largest absolute Gasteiger partial charge is 0.455 e. The topological polar surface area (TPSA) is 21.3 Å². The van der Waals surface area contributed by atoms with Crippen LogP contribution in [0, 0.1) is 0 Å². The summed E-state index contributed by atoms with van der Waals surface area (Å²) in [6, 6.07) is 7.31. The minimum absolute atomic E-state index is 0.0719. The minimum Gasteiger partial charge on any atom is -0.455 e. The lowest BCUT2D eigenvalue weighted by molar-refractivity contribution is -0.145. The number of para-hydroxylation sites is 1. The molecule has 0 radical (unpaired) electrons. The molecule has 26 heavy (non-hydrogen) atoms. The Bertz CT molecular complexity index is 738. The van der Waals surface area contributed by atoms with Gasteiger partial charge in [-0.25, -0.2) is 0 Å². The Morgan fingerprint density at radius 3 is 1.96 bits per heavy atom. The van der Waals surface area contributed by atoms with Gasteiger partial charge in [-0.3, -0.25) is 0 Å². The van der Waals surface area contributed by atoms with Crippen LogP contribution in [0.1, 0.15) is 16.7 Å². The third kappa shape index (κ3) is 4.64. The molecule has 2 aromatic rings. The fourth-order valence-electron chi connectivity index (χ4n) is 2.34. The summed E-state index contributed by atoms with van der Waals surface area (Å²) in [5.41, 5.74) is -3.07. The van der Waals surface area contributed by atoms with Gasteiger partial charge in [0, 0.05) is 11.4 Å². The number of hydrogen-bond acceptors (Lipinski definition) is 3. The van der Waals surface area contributed by atoms with Crippen molar-refractivity contribution >= 4 is 11.8 Å². The molecule has 0 aliphatic heterocycles. The fraction of sp³-hybridized carbons (Fsp3) is 0.294. The summed E-state index contributed by atoms with van der Waals surface area (Å²) in [5.74, 6) is -1.32. The molecule has 2 nitrogen and oxygen atoms in total. The molecule has 0 spiro atoms. The molecular weight excluding hydrogens is 380 g/mol. The highest BCUT2D eigenvalue weighted by Gasteiger charge is 2.43. The lowest BCUT2D eigenvalue weighted by Crippen LogP contribution is -2.16. The lowest BCUT2D eigenvalue weighted by Gasteiger charge is -2.21. The highest BCUT2D eigenvalue weighted by Crippen LogP contribution is 2.47. The van der Waals surface area contributed by atoms with Gasteiger partial charge < -0.3 is 10.1 Å². The number of benzene rings is 2. The first kappa shape index (κ1) is 20.4. The van der Waals surface area contributed by atoms with Crippen LogP contribution < -0.4 is 10.1 Å². The zero-order valence-corrected chi connectivity index (χ0v) is 14.6. The zero-order chi connectivity index (χ0) is 19.5.